The maximum Gasteiger partial charge on any atom is 0.453 e. The van der Waals surface area contributed by atoms with E-state index in [0.717, 1.165) is 66.1 Å². The Balaban J connectivity index is 1.50. The molecule has 10 heteroatoms. The Morgan fingerprint density at radius 3 is 1.09 bits per heavy atom. The highest BCUT2D eigenvalue weighted by molar-refractivity contribution is 7.32. The molecule has 2 aromatic heterocycles. The molecule has 8 aromatic rings. The monoisotopic (exact) mass is 926 g/mol. The topological polar surface area (TPSA) is 89.5 Å². The fourth-order valence-electron chi connectivity index (χ4n) is 8.52. The first-order chi connectivity index (χ1) is 30.9. The Labute approximate surface area is 391 Å². The summed E-state index contributed by atoms with van der Waals surface area (Å²) in [7, 11) is -0.856. The maximum absolute atomic E-state index is 7.46. The second kappa shape index (κ2) is 17.2. The summed E-state index contributed by atoms with van der Waals surface area (Å²) in [5.74, 6) is 2.42. The van der Waals surface area contributed by atoms with Crippen LogP contribution in [0.3, 0.4) is 0 Å². The van der Waals surface area contributed by atoms with Gasteiger partial charge in [0.15, 0.2) is 0 Å². The third-order valence-electron chi connectivity index (χ3n) is 11.9. The molecule has 0 aliphatic heterocycles. The molecule has 0 aliphatic rings. The van der Waals surface area contributed by atoms with E-state index in [1.54, 1.807) is 14.2 Å². The van der Waals surface area contributed by atoms with Gasteiger partial charge in [0.2, 0.25) is 0 Å². The first-order valence-corrected chi connectivity index (χ1v) is 24.8. The third-order valence-corrected chi connectivity index (χ3v) is 14.0. The number of benzene rings is 6. The summed E-state index contributed by atoms with van der Waals surface area (Å²) >= 11 is 0. The van der Waals surface area contributed by atoms with Crippen molar-refractivity contribution in [1.29, 1.82) is 0 Å². The smallest absolute Gasteiger partial charge is 0.453 e. The van der Waals surface area contributed by atoms with Crippen LogP contribution in [0.25, 0.3) is 55.0 Å². The van der Waals surface area contributed by atoms with Gasteiger partial charge in [-0.1, -0.05) is 132 Å². The van der Waals surface area contributed by atoms with Crippen molar-refractivity contribution >= 4 is 60.4 Å². The Kier molecular flexibility index (Phi) is 12.2. The van der Waals surface area contributed by atoms with Gasteiger partial charge >= 0.3 is 16.5 Å². The number of methoxy groups -OCH3 is 2. The van der Waals surface area contributed by atoms with Crippen molar-refractivity contribution in [2.24, 2.45) is 0 Å². The molecule has 0 radical (unpaired) electrons. The van der Waals surface area contributed by atoms with Crippen LogP contribution < -0.4 is 18.5 Å². The van der Waals surface area contributed by atoms with Crippen LogP contribution in [0, 0.1) is 13.8 Å². The number of hydrogen-bond acceptors (Lipinski definition) is 8. The molecule has 0 N–H and O–H groups in total. The van der Waals surface area contributed by atoms with E-state index in [1.807, 2.05) is 72.8 Å². The number of rotatable bonds is 7. The van der Waals surface area contributed by atoms with Crippen molar-refractivity contribution < 1.29 is 35.3 Å². The number of aryl methyl sites for hydroxylation is 2. The average Bonchev–Trinajstić information content (AvgIpc) is 3.49. The lowest BCUT2D eigenvalue weighted by Crippen LogP contribution is -2.15. The van der Waals surface area contributed by atoms with Gasteiger partial charge in [-0.2, -0.15) is 0 Å². The van der Waals surface area contributed by atoms with Gasteiger partial charge in [-0.3, -0.25) is 0 Å². The molecule has 0 saturated carbocycles. The summed E-state index contributed by atoms with van der Waals surface area (Å²) in [4.78, 5) is 0. The minimum absolute atomic E-state index is 0.263. The lowest BCUT2D eigenvalue weighted by Gasteiger charge is -2.28. The van der Waals surface area contributed by atoms with Crippen LogP contribution in [-0.4, -0.2) is 14.2 Å². The molecule has 0 amide bonds. The molecular formula is C56H64O8P2. The largest absolute Gasteiger partial charge is 0.497 e. The standard InChI is InChI=1S/C56H64O8P2/c1-33-25-39-40-26-34(2)28-44(54(6,7)8)50(40)63-66(62-49(39)43(27-33)53(3,4)5)64-52-42(30-36(58-16)32-46(52)56(12,13)14)41-29-35(57-15)31-45(55(9,10)11)51(41)61-65-59-47-23-19-17-21-37(47)38-22-18-20-24-48(38)60-65/h17-32H,1-16H3. The minimum Gasteiger partial charge on any atom is -0.497 e. The van der Waals surface area contributed by atoms with Gasteiger partial charge in [-0.05, 0) is 95.2 Å². The molecule has 8 nitrogen and oxygen atoms in total. The van der Waals surface area contributed by atoms with E-state index in [0.29, 0.717) is 45.3 Å². The van der Waals surface area contributed by atoms with Gasteiger partial charge in [0.1, 0.15) is 45.3 Å². The Morgan fingerprint density at radius 2 is 0.742 bits per heavy atom. The Morgan fingerprint density at radius 1 is 0.394 bits per heavy atom. The van der Waals surface area contributed by atoms with Crippen molar-refractivity contribution in [3.05, 3.63) is 130 Å². The summed E-state index contributed by atoms with van der Waals surface area (Å²) < 4.78 is 54.7. The van der Waals surface area contributed by atoms with Gasteiger partial charge in [0, 0.05) is 54.9 Å². The first kappa shape index (κ1) is 46.8. The summed E-state index contributed by atoms with van der Waals surface area (Å²) in [5.41, 5.74) is 9.02. The van der Waals surface area contributed by atoms with E-state index in [-0.39, 0.29) is 10.8 Å². The van der Waals surface area contributed by atoms with Crippen LogP contribution in [-0.2, 0) is 21.7 Å². The molecule has 2 heterocycles. The molecular weight excluding hydrogens is 863 g/mol. The highest BCUT2D eigenvalue weighted by Gasteiger charge is 2.32. The Hall–Kier alpha value is -5.68. The molecule has 0 unspecified atom stereocenters. The van der Waals surface area contributed by atoms with E-state index >= 15 is 0 Å². The van der Waals surface area contributed by atoms with Crippen molar-refractivity contribution in [2.45, 2.75) is 119 Å². The number of ether oxygens (including phenoxy) is 2. The second-order valence-electron chi connectivity index (χ2n) is 21.5. The molecule has 0 saturated heterocycles. The molecule has 66 heavy (non-hydrogen) atoms. The van der Waals surface area contributed by atoms with E-state index in [1.165, 1.54) is 0 Å². The molecule has 0 atom stereocenters. The molecule has 0 aliphatic carbocycles. The molecule has 0 bridgehead atoms. The molecule has 0 fully saturated rings. The summed E-state index contributed by atoms with van der Waals surface area (Å²) in [6, 6.07) is 32.8. The number of hydrogen-bond donors (Lipinski definition) is 0. The quantitative estimate of drug-likeness (QED) is 0.156. The van der Waals surface area contributed by atoms with Gasteiger partial charge in [0.25, 0.3) is 0 Å². The summed E-state index contributed by atoms with van der Waals surface area (Å²) in [6.45, 7) is 30.6. The average molecular weight is 927 g/mol. The van der Waals surface area contributed by atoms with Crippen LogP contribution in [0.4, 0.5) is 0 Å². The molecule has 346 valence electrons. The van der Waals surface area contributed by atoms with E-state index in [2.05, 4.69) is 121 Å². The predicted molar refractivity (Wildman–Crippen MR) is 274 cm³/mol. The Bertz CT molecular complexity index is 3100. The summed E-state index contributed by atoms with van der Waals surface area (Å²) in [5, 5.41) is 3.82. The highest BCUT2D eigenvalue weighted by Crippen LogP contribution is 2.54. The van der Waals surface area contributed by atoms with Crippen molar-refractivity contribution in [3.63, 3.8) is 0 Å². The summed E-state index contributed by atoms with van der Waals surface area (Å²) in [6.07, 6.45) is 0. The van der Waals surface area contributed by atoms with Crippen LogP contribution in [0.15, 0.2) is 114 Å². The van der Waals surface area contributed by atoms with Crippen LogP contribution in [0.2, 0.25) is 0 Å². The first-order valence-electron chi connectivity index (χ1n) is 22.6. The second-order valence-corrected chi connectivity index (χ2v) is 23.5. The number of para-hydroxylation sites is 2. The van der Waals surface area contributed by atoms with E-state index in [9.17, 15) is 0 Å². The lowest BCUT2D eigenvalue weighted by atomic mass is 9.81. The molecule has 6 aromatic carbocycles. The van der Waals surface area contributed by atoms with E-state index in [4.69, 9.17) is 35.3 Å². The maximum atomic E-state index is 7.46. The van der Waals surface area contributed by atoms with Crippen molar-refractivity contribution in [2.75, 3.05) is 14.2 Å². The fourth-order valence-corrected chi connectivity index (χ4v) is 10.8. The van der Waals surface area contributed by atoms with Gasteiger partial charge in [-0.15, -0.1) is 0 Å². The highest BCUT2D eigenvalue weighted by atomic mass is 31.1. The predicted octanol–water partition coefficient (Wildman–Crippen LogP) is 18.1. The minimum atomic E-state index is -2.17. The SMILES string of the molecule is COc1cc(-c2cc(OC)cc(C(C)(C)C)c2Op2oc3c(C(C)(C)C)cc(C)cc3c3cc(C)cc(C(C)(C)C)c3o2)c(Op2oc3ccccc3c3ccccc3o2)c(C(C)(C)C)c1. The zero-order valence-electron chi connectivity index (χ0n) is 41.4. The lowest BCUT2D eigenvalue weighted by molar-refractivity contribution is 0.408. The zero-order chi connectivity index (χ0) is 47.7. The normalized spacial score (nSPS) is 12.5. The van der Waals surface area contributed by atoms with Crippen LogP contribution >= 0.6 is 16.5 Å². The zero-order valence-corrected chi connectivity index (χ0v) is 43.2. The van der Waals surface area contributed by atoms with Crippen molar-refractivity contribution in [1.82, 2.24) is 0 Å². The van der Waals surface area contributed by atoms with Gasteiger partial charge < -0.3 is 35.3 Å². The molecule has 8 rings (SSSR count). The number of fused-ring (bicyclic) bond motifs is 6. The van der Waals surface area contributed by atoms with Crippen molar-refractivity contribution in [3.8, 4) is 34.1 Å². The van der Waals surface area contributed by atoms with Gasteiger partial charge in [0.05, 0.1) is 14.2 Å². The van der Waals surface area contributed by atoms with Crippen LogP contribution in [0.1, 0.15) is 116 Å². The van der Waals surface area contributed by atoms with E-state index < -0.39 is 27.3 Å². The third kappa shape index (κ3) is 9.20. The van der Waals surface area contributed by atoms with Crippen LogP contribution in [0.5, 0.6) is 23.0 Å². The molecule has 0 spiro atoms. The van der Waals surface area contributed by atoms with Gasteiger partial charge in [-0.25, -0.2) is 0 Å². The fraction of sp³-hybridized carbons (Fsp3) is 0.357.